The number of carbonyl (C=O) groups is 2. The largest absolute Gasteiger partial charge is 0.494 e. The zero-order chi connectivity index (χ0) is 23.4. The molecule has 11 heteroatoms. The number of methoxy groups -OCH3 is 1. The van der Waals surface area contributed by atoms with Gasteiger partial charge in [-0.2, -0.15) is 0 Å². The summed E-state index contributed by atoms with van der Waals surface area (Å²) >= 11 is 1.41. The van der Waals surface area contributed by atoms with Crippen molar-refractivity contribution in [3.63, 3.8) is 0 Å². The molecule has 33 heavy (non-hydrogen) atoms. The monoisotopic (exact) mass is 471 g/mol. The third kappa shape index (κ3) is 5.00. The first kappa shape index (κ1) is 22.8. The summed E-state index contributed by atoms with van der Waals surface area (Å²) in [5.74, 6) is 0.0643. The van der Waals surface area contributed by atoms with E-state index in [1.807, 2.05) is 12.1 Å². The van der Waals surface area contributed by atoms with E-state index >= 15 is 0 Å². The number of rotatable bonds is 6. The number of hydrogen-bond acceptors (Lipinski definition) is 8. The Labute approximate surface area is 194 Å². The molecule has 0 spiro atoms. The summed E-state index contributed by atoms with van der Waals surface area (Å²) in [7, 11) is 3.28. The molecule has 1 aliphatic rings. The van der Waals surface area contributed by atoms with Gasteiger partial charge in [-0.15, -0.1) is 0 Å². The normalized spacial score (nSPS) is 13.6. The predicted molar refractivity (Wildman–Crippen MR) is 125 cm³/mol. The Morgan fingerprint density at radius 2 is 1.94 bits per heavy atom. The molecule has 3 amide bonds. The second kappa shape index (κ2) is 10.0. The lowest BCUT2D eigenvalue weighted by Crippen LogP contribution is -2.36. The summed E-state index contributed by atoms with van der Waals surface area (Å²) in [5, 5.41) is 12.1. The quantitative estimate of drug-likeness (QED) is 0.374. The molecule has 3 aromatic rings. The Kier molecular flexibility index (Phi) is 6.92. The third-order valence-corrected chi connectivity index (χ3v) is 6.35. The van der Waals surface area contributed by atoms with Gasteiger partial charge in [0, 0.05) is 32.2 Å². The molecule has 0 aliphatic carbocycles. The van der Waals surface area contributed by atoms with E-state index in [0.717, 1.165) is 29.0 Å². The van der Waals surface area contributed by atoms with Gasteiger partial charge in [0.2, 0.25) is 0 Å². The Bertz CT molecular complexity index is 1140. The van der Waals surface area contributed by atoms with Crippen LogP contribution < -0.4 is 20.4 Å². The van der Waals surface area contributed by atoms with Gasteiger partial charge in [-0.1, -0.05) is 23.5 Å². The lowest BCUT2D eigenvalue weighted by molar-refractivity contribution is 0.0706. The van der Waals surface area contributed by atoms with Crippen LogP contribution in [0.5, 0.6) is 5.75 Å². The summed E-state index contributed by atoms with van der Waals surface area (Å²) in [4.78, 5) is 32.6. The molecule has 0 radical (unpaired) electrons. The second-order valence-electron chi connectivity index (χ2n) is 7.51. The number of fused-ring (bicyclic) bond motifs is 1. The maximum absolute atomic E-state index is 12.8. The number of ether oxygens (including phenoxy) is 2. The van der Waals surface area contributed by atoms with Gasteiger partial charge in [0.1, 0.15) is 11.3 Å². The van der Waals surface area contributed by atoms with Gasteiger partial charge in [0.25, 0.3) is 5.91 Å². The number of nitrogens with one attached hydrogen (secondary N) is 2. The SMILES string of the molecule is COc1ccc(N2CCOCC2)c2sc(NC(=O)N(C)Cc3ccc(C(=O)NO)cc3)nc12. The van der Waals surface area contributed by atoms with Crippen LogP contribution in [0.3, 0.4) is 0 Å². The van der Waals surface area contributed by atoms with Gasteiger partial charge < -0.3 is 19.3 Å². The minimum absolute atomic E-state index is 0.307. The molecule has 1 fully saturated rings. The number of benzene rings is 2. The van der Waals surface area contributed by atoms with E-state index < -0.39 is 5.91 Å². The van der Waals surface area contributed by atoms with Crippen molar-refractivity contribution in [2.75, 3.05) is 50.7 Å². The van der Waals surface area contributed by atoms with Crippen molar-refractivity contribution in [1.82, 2.24) is 15.4 Å². The van der Waals surface area contributed by atoms with Crippen LogP contribution in [0.15, 0.2) is 36.4 Å². The Morgan fingerprint density at radius 1 is 1.21 bits per heavy atom. The van der Waals surface area contributed by atoms with E-state index in [9.17, 15) is 9.59 Å². The zero-order valence-corrected chi connectivity index (χ0v) is 19.1. The lowest BCUT2D eigenvalue weighted by atomic mass is 10.1. The van der Waals surface area contributed by atoms with Crippen molar-refractivity contribution >= 4 is 44.3 Å². The van der Waals surface area contributed by atoms with Gasteiger partial charge in [-0.3, -0.25) is 15.3 Å². The van der Waals surface area contributed by atoms with Crippen molar-refractivity contribution < 1.29 is 24.3 Å². The molecule has 0 atom stereocenters. The average Bonchev–Trinajstić information content (AvgIpc) is 3.27. The van der Waals surface area contributed by atoms with Crippen LogP contribution in [0, 0.1) is 0 Å². The number of aromatic nitrogens is 1. The van der Waals surface area contributed by atoms with Gasteiger partial charge in [-0.05, 0) is 29.8 Å². The number of hydrogen-bond donors (Lipinski definition) is 3. The average molecular weight is 472 g/mol. The van der Waals surface area contributed by atoms with E-state index in [2.05, 4.69) is 15.2 Å². The molecule has 2 heterocycles. The smallest absolute Gasteiger partial charge is 0.323 e. The van der Waals surface area contributed by atoms with Crippen molar-refractivity contribution in [2.45, 2.75) is 6.54 Å². The highest BCUT2D eigenvalue weighted by Gasteiger charge is 2.20. The minimum atomic E-state index is -0.588. The van der Waals surface area contributed by atoms with Gasteiger partial charge in [0.05, 0.1) is 30.7 Å². The number of amides is 3. The minimum Gasteiger partial charge on any atom is -0.494 e. The van der Waals surface area contributed by atoms with Crippen molar-refractivity contribution in [3.8, 4) is 5.75 Å². The molecule has 3 N–H and O–H groups in total. The number of thiazole rings is 1. The van der Waals surface area contributed by atoms with E-state index in [-0.39, 0.29) is 6.03 Å². The first-order valence-corrected chi connectivity index (χ1v) is 11.2. The lowest BCUT2D eigenvalue weighted by Gasteiger charge is -2.29. The van der Waals surface area contributed by atoms with Crippen LogP contribution in [0.4, 0.5) is 15.6 Å². The third-order valence-electron chi connectivity index (χ3n) is 5.36. The van der Waals surface area contributed by atoms with Crippen LogP contribution in [0.1, 0.15) is 15.9 Å². The summed E-state index contributed by atoms with van der Waals surface area (Å²) in [5.41, 5.74) is 4.51. The van der Waals surface area contributed by atoms with E-state index in [4.69, 9.17) is 14.7 Å². The number of carbonyl (C=O) groups excluding carboxylic acids is 2. The Hall–Kier alpha value is -3.41. The van der Waals surface area contributed by atoms with Crippen molar-refractivity contribution in [1.29, 1.82) is 0 Å². The number of nitrogens with zero attached hydrogens (tertiary/aromatic N) is 3. The molecule has 0 saturated carbocycles. The Morgan fingerprint density at radius 3 is 2.61 bits per heavy atom. The summed E-state index contributed by atoms with van der Waals surface area (Å²) in [6.45, 7) is 3.27. The van der Waals surface area contributed by atoms with Crippen molar-refractivity contribution in [2.24, 2.45) is 0 Å². The summed E-state index contributed by atoms with van der Waals surface area (Å²) < 4.78 is 11.9. The Balaban J connectivity index is 1.49. The first-order valence-electron chi connectivity index (χ1n) is 10.4. The number of anilines is 2. The van der Waals surface area contributed by atoms with Gasteiger partial charge >= 0.3 is 6.03 Å². The van der Waals surface area contributed by atoms with Crippen LogP contribution >= 0.6 is 11.3 Å². The van der Waals surface area contributed by atoms with Crippen molar-refractivity contribution in [3.05, 3.63) is 47.5 Å². The molecule has 0 bridgehead atoms. The molecule has 1 saturated heterocycles. The molecule has 4 rings (SSSR count). The van der Waals surface area contributed by atoms with Crippen LogP contribution in [0.25, 0.3) is 10.2 Å². The number of urea groups is 1. The predicted octanol–water partition coefficient (Wildman–Crippen LogP) is 2.92. The van der Waals surface area contributed by atoms with Crippen LogP contribution in [-0.4, -0.2) is 67.5 Å². The maximum atomic E-state index is 12.8. The highest BCUT2D eigenvalue weighted by Crippen LogP contribution is 2.39. The van der Waals surface area contributed by atoms with E-state index in [1.54, 1.807) is 43.9 Å². The first-order chi connectivity index (χ1) is 16.0. The molecule has 1 aliphatic heterocycles. The van der Waals surface area contributed by atoms with E-state index in [1.165, 1.54) is 16.2 Å². The second-order valence-corrected chi connectivity index (χ2v) is 8.51. The van der Waals surface area contributed by atoms with Gasteiger partial charge in [-0.25, -0.2) is 15.3 Å². The summed E-state index contributed by atoms with van der Waals surface area (Å²) in [6.07, 6.45) is 0. The van der Waals surface area contributed by atoms with Crippen LogP contribution in [0.2, 0.25) is 0 Å². The molecular formula is C22H25N5O5S. The maximum Gasteiger partial charge on any atom is 0.323 e. The summed E-state index contributed by atoms with van der Waals surface area (Å²) in [6, 6.07) is 10.2. The zero-order valence-electron chi connectivity index (χ0n) is 18.3. The number of morpholine rings is 1. The molecule has 0 unspecified atom stereocenters. The van der Waals surface area contributed by atoms with Crippen LogP contribution in [-0.2, 0) is 11.3 Å². The van der Waals surface area contributed by atoms with Gasteiger partial charge in [0.15, 0.2) is 5.13 Å². The highest BCUT2D eigenvalue weighted by atomic mass is 32.1. The topological polar surface area (TPSA) is 116 Å². The molecule has 174 valence electrons. The fourth-order valence-corrected chi connectivity index (χ4v) is 4.61. The fraction of sp³-hybridized carbons (Fsp3) is 0.318. The number of hydroxylamine groups is 1. The van der Waals surface area contributed by atoms with E-state index in [0.29, 0.717) is 41.7 Å². The molecule has 2 aromatic carbocycles. The molecule has 1 aromatic heterocycles. The molecular weight excluding hydrogens is 446 g/mol. The molecule has 10 nitrogen and oxygen atoms in total. The fourth-order valence-electron chi connectivity index (χ4n) is 3.60. The highest BCUT2D eigenvalue weighted by molar-refractivity contribution is 7.23. The standard InChI is InChI=1S/C22H25N5O5S/c1-26(13-14-3-5-15(6-4-14)20(28)25-30)22(29)24-21-23-18-17(31-2)8-7-16(19(18)33-21)27-9-11-32-12-10-27/h3-8,30H,9-13H2,1-2H3,(H,25,28)(H,23,24,29).